The second-order valence-electron chi connectivity index (χ2n) is 5.87. The number of benzene rings is 2. The number of rotatable bonds is 6. The molecule has 0 aliphatic rings. The van der Waals surface area contributed by atoms with Gasteiger partial charge in [0.1, 0.15) is 12.1 Å². The smallest absolute Gasteiger partial charge is 0.235 e. The van der Waals surface area contributed by atoms with Crippen LogP contribution >= 0.6 is 11.8 Å². The zero-order valence-corrected chi connectivity index (χ0v) is 15.4. The number of halogens is 1. The van der Waals surface area contributed by atoms with Crippen molar-refractivity contribution in [1.82, 2.24) is 19.7 Å². The van der Waals surface area contributed by atoms with Gasteiger partial charge < -0.3 is 4.90 Å². The van der Waals surface area contributed by atoms with Crippen LogP contribution in [0.5, 0.6) is 0 Å². The number of carbonyl (C=O) groups excluding carboxylic acids is 1. The number of para-hydroxylation sites is 1. The maximum atomic E-state index is 14.0. The lowest BCUT2D eigenvalue weighted by Crippen LogP contribution is -2.32. The minimum absolute atomic E-state index is 0.0260. The zero-order chi connectivity index (χ0) is 18.5. The van der Waals surface area contributed by atoms with Gasteiger partial charge in [-0.1, -0.05) is 54.2 Å². The SMILES string of the molecule is C[C@H](Sc1nncn1-c1ccccc1F)C(=O)N(C)Cc1ccccc1. The van der Waals surface area contributed by atoms with Crippen LogP contribution in [-0.4, -0.2) is 37.9 Å². The predicted molar refractivity (Wildman–Crippen MR) is 99.6 cm³/mol. The lowest BCUT2D eigenvalue weighted by molar-refractivity contribution is -0.129. The van der Waals surface area contributed by atoms with Crippen molar-refractivity contribution < 1.29 is 9.18 Å². The molecule has 1 amide bonds. The van der Waals surface area contributed by atoms with Crippen LogP contribution < -0.4 is 0 Å². The summed E-state index contributed by atoms with van der Waals surface area (Å²) in [7, 11) is 1.77. The number of nitrogens with zero attached hydrogens (tertiary/aromatic N) is 4. The van der Waals surface area contributed by atoms with E-state index in [-0.39, 0.29) is 17.0 Å². The van der Waals surface area contributed by atoms with Crippen LogP contribution in [0.15, 0.2) is 66.1 Å². The van der Waals surface area contributed by atoms with Crippen molar-refractivity contribution in [1.29, 1.82) is 0 Å². The molecular formula is C19H19FN4OS. The van der Waals surface area contributed by atoms with Gasteiger partial charge >= 0.3 is 0 Å². The Kier molecular flexibility index (Phi) is 5.68. The van der Waals surface area contributed by atoms with Gasteiger partial charge in [-0.3, -0.25) is 9.36 Å². The van der Waals surface area contributed by atoms with Crippen molar-refractivity contribution in [2.24, 2.45) is 0 Å². The highest BCUT2D eigenvalue weighted by Gasteiger charge is 2.22. The van der Waals surface area contributed by atoms with Gasteiger partial charge in [0.15, 0.2) is 5.16 Å². The molecule has 1 atom stereocenters. The fraction of sp³-hybridized carbons (Fsp3) is 0.211. The molecule has 134 valence electrons. The molecular weight excluding hydrogens is 351 g/mol. The summed E-state index contributed by atoms with van der Waals surface area (Å²) in [6.45, 7) is 2.35. The van der Waals surface area contributed by atoms with Gasteiger partial charge in [0.2, 0.25) is 5.91 Å². The molecule has 2 aromatic carbocycles. The monoisotopic (exact) mass is 370 g/mol. The minimum atomic E-state index is -0.376. The van der Waals surface area contributed by atoms with E-state index in [2.05, 4.69) is 10.2 Å². The van der Waals surface area contributed by atoms with E-state index in [1.165, 1.54) is 24.2 Å². The summed E-state index contributed by atoms with van der Waals surface area (Å²) in [5.41, 5.74) is 1.42. The Morgan fingerprint density at radius 2 is 1.88 bits per heavy atom. The van der Waals surface area contributed by atoms with E-state index in [0.29, 0.717) is 17.4 Å². The van der Waals surface area contributed by atoms with Crippen LogP contribution in [0.4, 0.5) is 4.39 Å². The van der Waals surface area contributed by atoms with Gasteiger partial charge in [-0.15, -0.1) is 10.2 Å². The molecule has 0 saturated heterocycles. The Morgan fingerprint density at radius 3 is 2.62 bits per heavy atom. The highest BCUT2D eigenvalue weighted by atomic mass is 32.2. The number of aromatic nitrogens is 3. The lowest BCUT2D eigenvalue weighted by atomic mass is 10.2. The van der Waals surface area contributed by atoms with Crippen LogP contribution in [0.25, 0.3) is 5.69 Å². The van der Waals surface area contributed by atoms with Crippen molar-refractivity contribution in [2.75, 3.05) is 7.05 Å². The average Bonchev–Trinajstić information content (AvgIpc) is 3.10. The number of carbonyl (C=O) groups is 1. The van der Waals surface area contributed by atoms with Crippen LogP contribution in [0.1, 0.15) is 12.5 Å². The van der Waals surface area contributed by atoms with Gasteiger partial charge in [0.05, 0.1) is 10.9 Å². The second kappa shape index (κ2) is 8.14. The van der Waals surface area contributed by atoms with Crippen molar-refractivity contribution in [3.8, 4) is 5.69 Å². The van der Waals surface area contributed by atoms with E-state index in [1.54, 1.807) is 34.7 Å². The summed E-state index contributed by atoms with van der Waals surface area (Å²) >= 11 is 1.26. The molecule has 0 radical (unpaired) electrons. The lowest BCUT2D eigenvalue weighted by Gasteiger charge is -2.21. The number of hydrogen-bond acceptors (Lipinski definition) is 4. The second-order valence-corrected chi connectivity index (χ2v) is 7.18. The molecule has 3 rings (SSSR count). The van der Waals surface area contributed by atoms with Crippen LogP contribution in [0.3, 0.4) is 0 Å². The molecule has 0 aliphatic carbocycles. The maximum Gasteiger partial charge on any atom is 0.235 e. The summed E-state index contributed by atoms with van der Waals surface area (Å²) in [5.74, 6) is -0.392. The van der Waals surface area contributed by atoms with Crippen molar-refractivity contribution in [3.63, 3.8) is 0 Å². The Labute approximate surface area is 155 Å². The predicted octanol–water partition coefficient (Wildman–Crippen LogP) is 3.55. The molecule has 7 heteroatoms. The van der Waals surface area contributed by atoms with E-state index < -0.39 is 0 Å². The molecule has 0 bridgehead atoms. The van der Waals surface area contributed by atoms with Crippen LogP contribution in [-0.2, 0) is 11.3 Å². The molecule has 26 heavy (non-hydrogen) atoms. The molecule has 0 N–H and O–H groups in total. The normalized spacial score (nSPS) is 12.0. The molecule has 0 saturated carbocycles. The standard InChI is InChI=1S/C19H19FN4OS/c1-14(18(25)23(2)12-15-8-4-3-5-9-15)26-19-22-21-13-24(19)17-11-7-6-10-16(17)20/h3-11,13-14H,12H2,1-2H3/t14-/m0/s1. The summed E-state index contributed by atoms with van der Waals surface area (Å²) in [4.78, 5) is 14.3. The molecule has 0 fully saturated rings. The minimum Gasteiger partial charge on any atom is -0.340 e. The van der Waals surface area contributed by atoms with Crippen molar-refractivity contribution in [3.05, 3.63) is 72.3 Å². The highest BCUT2D eigenvalue weighted by Crippen LogP contribution is 2.26. The van der Waals surface area contributed by atoms with Crippen LogP contribution in [0.2, 0.25) is 0 Å². The third kappa shape index (κ3) is 4.11. The van der Waals surface area contributed by atoms with E-state index in [1.807, 2.05) is 37.3 Å². The van der Waals surface area contributed by atoms with Gasteiger partial charge in [0, 0.05) is 13.6 Å². The highest BCUT2D eigenvalue weighted by molar-refractivity contribution is 8.00. The van der Waals surface area contributed by atoms with E-state index >= 15 is 0 Å². The summed E-state index contributed by atoms with van der Waals surface area (Å²) in [6, 6.07) is 16.2. The number of thioether (sulfide) groups is 1. The third-order valence-electron chi connectivity index (χ3n) is 3.90. The molecule has 1 heterocycles. The van der Waals surface area contributed by atoms with E-state index in [0.717, 1.165) is 5.56 Å². The Bertz CT molecular complexity index is 884. The quantitative estimate of drug-likeness (QED) is 0.623. The largest absolute Gasteiger partial charge is 0.340 e. The van der Waals surface area contributed by atoms with Gasteiger partial charge in [0.25, 0.3) is 0 Å². The Hall–Kier alpha value is -2.67. The number of amides is 1. The molecule has 0 aliphatic heterocycles. The Balaban J connectivity index is 1.70. The van der Waals surface area contributed by atoms with E-state index in [9.17, 15) is 9.18 Å². The summed E-state index contributed by atoms with van der Waals surface area (Å²) < 4.78 is 15.6. The number of hydrogen-bond donors (Lipinski definition) is 0. The van der Waals surface area contributed by atoms with Crippen molar-refractivity contribution in [2.45, 2.75) is 23.9 Å². The summed E-state index contributed by atoms with van der Waals surface area (Å²) in [5, 5.41) is 8.00. The van der Waals surface area contributed by atoms with Gasteiger partial charge in [-0.05, 0) is 24.6 Å². The molecule has 3 aromatic rings. The molecule has 5 nitrogen and oxygen atoms in total. The molecule has 0 unspecified atom stereocenters. The first kappa shape index (κ1) is 18.1. The topological polar surface area (TPSA) is 51.0 Å². The average molecular weight is 370 g/mol. The Morgan fingerprint density at radius 1 is 1.19 bits per heavy atom. The first-order valence-corrected chi connectivity index (χ1v) is 9.04. The zero-order valence-electron chi connectivity index (χ0n) is 14.5. The maximum absolute atomic E-state index is 14.0. The van der Waals surface area contributed by atoms with E-state index in [4.69, 9.17) is 0 Å². The first-order valence-electron chi connectivity index (χ1n) is 8.16. The van der Waals surface area contributed by atoms with Crippen molar-refractivity contribution >= 4 is 17.7 Å². The van der Waals surface area contributed by atoms with Crippen LogP contribution in [0, 0.1) is 5.82 Å². The first-order chi connectivity index (χ1) is 12.6. The summed E-state index contributed by atoms with van der Waals surface area (Å²) in [6.07, 6.45) is 1.45. The fourth-order valence-electron chi connectivity index (χ4n) is 2.57. The third-order valence-corrected chi connectivity index (χ3v) is 4.94. The fourth-order valence-corrected chi connectivity index (χ4v) is 3.52. The molecule has 0 spiro atoms. The molecule has 1 aromatic heterocycles. The van der Waals surface area contributed by atoms with Gasteiger partial charge in [-0.2, -0.15) is 0 Å². The van der Waals surface area contributed by atoms with Gasteiger partial charge in [-0.25, -0.2) is 4.39 Å².